The average Bonchev–Trinajstić information content (AvgIpc) is 2.87. The normalized spacial score (nSPS) is 30.7. The van der Waals surface area contributed by atoms with Crippen LogP contribution in [-0.4, -0.2) is 40.9 Å². The topological polar surface area (TPSA) is 43.7 Å². The summed E-state index contributed by atoms with van der Waals surface area (Å²) in [6, 6.07) is 4.61. The first-order chi connectivity index (χ1) is 9.11. The molecule has 3 atom stereocenters. The standard InChI is InChI=1S/C15H20FNO2/c16-14-5-10(1-2-15(14)19)3-4-17-8-11-6-13(18)7-12(11)9-17/h1-2,5,11-13,18-19H,3-4,6-9H2/t11-,12+,13?. The highest BCUT2D eigenvalue weighted by molar-refractivity contribution is 5.28. The van der Waals surface area contributed by atoms with E-state index in [1.807, 2.05) is 0 Å². The van der Waals surface area contributed by atoms with Crippen LogP contribution in [0.2, 0.25) is 0 Å². The van der Waals surface area contributed by atoms with Crippen LogP contribution in [0.3, 0.4) is 0 Å². The van der Waals surface area contributed by atoms with Crippen molar-refractivity contribution in [2.45, 2.75) is 25.4 Å². The minimum absolute atomic E-state index is 0.0941. The zero-order valence-corrected chi connectivity index (χ0v) is 10.9. The molecule has 2 N–H and O–H groups in total. The van der Waals surface area contributed by atoms with Gasteiger partial charge in [0.2, 0.25) is 0 Å². The molecule has 1 saturated carbocycles. The van der Waals surface area contributed by atoms with E-state index in [1.165, 1.54) is 12.1 Å². The van der Waals surface area contributed by atoms with Gasteiger partial charge in [-0.2, -0.15) is 0 Å². The lowest BCUT2D eigenvalue weighted by Crippen LogP contribution is -2.25. The van der Waals surface area contributed by atoms with Crippen LogP contribution in [0.25, 0.3) is 0 Å². The molecule has 1 heterocycles. The second-order valence-corrected chi connectivity index (χ2v) is 5.94. The fourth-order valence-electron chi connectivity index (χ4n) is 3.54. The van der Waals surface area contributed by atoms with Crippen LogP contribution in [0.1, 0.15) is 18.4 Å². The summed E-state index contributed by atoms with van der Waals surface area (Å²) in [4.78, 5) is 2.41. The number of halogens is 1. The summed E-state index contributed by atoms with van der Waals surface area (Å²) in [5, 5.41) is 18.7. The van der Waals surface area contributed by atoms with E-state index in [-0.39, 0.29) is 11.9 Å². The predicted molar refractivity (Wildman–Crippen MR) is 70.4 cm³/mol. The Kier molecular flexibility index (Phi) is 3.46. The number of phenolic OH excluding ortho intramolecular Hbond substituents is 1. The van der Waals surface area contributed by atoms with Crippen molar-refractivity contribution in [3.63, 3.8) is 0 Å². The molecule has 1 aliphatic carbocycles. The number of phenols is 1. The minimum atomic E-state index is -0.543. The third-order valence-electron chi connectivity index (χ3n) is 4.53. The number of hydrogen-bond acceptors (Lipinski definition) is 3. The molecule has 2 fully saturated rings. The molecule has 0 amide bonds. The van der Waals surface area contributed by atoms with E-state index >= 15 is 0 Å². The smallest absolute Gasteiger partial charge is 0.165 e. The second kappa shape index (κ2) is 5.10. The highest BCUT2D eigenvalue weighted by Gasteiger charge is 2.39. The van der Waals surface area contributed by atoms with Gasteiger partial charge in [-0.3, -0.25) is 0 Å². The Labute approximate surface area is 112 Å². The zero-order valence-electron chi connectivity index (χ0n) is 10.9. The van der Waals surface area contributed by atoms with Gasteiger partial charge in [-0.1, -0.05) is 6.07 Å². The maximum atomic E-state index is 13.2. The highest BCUT2D eigenvalue weighted by Crippen LogP contribution is 2.37. The summed E-state index contributed by atoms with van der Waals surface area (Å²) < 4.78 is 13.2. The Hall–Kier alpha value is -1.13. The summed E-state index contributed by atoms with van der Waals surface area (Å²) in [5.41, 5.74) is 0.924. The van der Waals surface area contributed by atoms with Gasteiger partial charge in [0.15, 0.2) is 11.6 Å². The number of hydrogen-bond donors (Lipinski definition) is 2. The van der Waals surface area contributed by atoms with Gasteiger partial charge in [0.1, 0.15) is 0 Å². The molecule has 1 aromatic rings. The molecule has 0 spiro atoms. The van der Waals surface area contributed by atoms with Crippen LogP contribution in [0.15, 0.2) is 18.2 Å². The Morgan fingerprint density at radius 2 is 1.89 bits per heavy atom. The third kappa shape index (κ3) is 2.74. The highest BCUT2D eigenvalue weighted by atomic mass is 19.1. The number of likely N-dealkylation sites (tertiary alicyclic amines) is 1. The van der Waals surface area contributed by atoms with Crippen molar-refractivity contribution in [3.05, 3.63) is 29.6 Å². The number of rotatable bonds is 3. The first-order valence-corrected chi connectivity index (χ1v) is 6.99. The summed E-state index contributed by atoms with van der Waals surface area (Å²) in [7, 11) is 0. The molecule has 19 heavy (non-hydrogen) atoms. The fourth-order valence-corrected chi connectivity index (χ4v) is 3.54. The van der Waals surface area contributed by atoms with E-state index in [0.717, 1.165) is 44.5 Å². The summed E-state index contributed by atoms with van der Waals surface area (Å²) in [6.45, 7) is 3.04. The van der Waals surface area contributed by atoms with E-state index in [9.17, 15) is 9.50 Å². The van der Waals surface area contributed by atoms with Crippen LogP contribution in [0, 0.1) is 17.7 Å². The molecule has 0 aromatic heterocycles. The molecular formula is C15H20FNO2. The molecule has 0 bridgehead atoms. The zero-order chi connectivity index (χ0) is 13.4. The van der Waals surface area contributed by atoms with Gasteiger partial charge in [0.25, 0.3) is 0 Å². The molecule has 1 saturated heterocycles. The Morgan fingerprint density at radius 1 is 1.21 bits per heavy atom. The second-order valence-electron chi connectivity index (χ2n) is 5.94. The number of nitrogens with zero attached hydrogens (tertiary/aromatic N) is 1. The number of aromatic hydroxyl groups is 1. The lowest BCUT2D eigenvalue weighted by Gasteiger charge is -2.17. The molecule has 3 nitrogen and oxygen atoms in total. The van der Waals surface area contributed by atoms with Crippen LogP contribution < -0.4 is 0 Å². The Morgan fingerprint density at radius 3 is 2.53 bits per heavy atom. The van der Waals surface area contributed by atoms with Crippen molar-refractivity contribution >= 4 is 0 Å². The quantitative estimate of drug-likeness (QED) is 0.875. The Balaban J connectivity index is 1.52. The summed E-state index contributed by atoms with van der Waals surface area (Å²) in [6.07, 6.45) is 2.59. The van der Waals surface area contributed by atoms with Crippen molar-refractivity contribution in [1.82, 2.24) is 4.90 Å². The van der Waals surface area contributed by atoms with Crippen molar-refractivity contribution in [2.75, 3.05) is 19.6 Å². The molecule has 2 aliphatic rings. The monoisotopic (exact) mass is 265 g/mol. The van der Waals surface area contributed by atoms with Gasteiger partial charge in [0, 0.05) is 19.6 Å². The molecule has 3 rings (SSSR count). The van der Waals surface area contributed by atoms with Gasteiger partial charge >= 0.3 is 0 Å². The largest absolute Gasteiger partial charge is 0.505 e. The molecule has 4 heteroatoms. The van der Waals surface area contributed by atoms with Crippen LogP contribution in [0.5, 0.6) is 5.75 Å². The van der Waals surface area contributed by atoms with Crippen LogP contribution >= 0.6 is 0 Å². The SMILES string of the molecule is Oc1ccc(CCN2C[C@H]3CC(O)C[C@H]3C2)cc1F. The van der Waals surface area contributed by atoms with Gasteiger partial charge < -0.3 is 15.1 Å². The van der Waals surface area contributed by atoms with Crippen molar-refractivity contribution in [1.29, 1.82) is 0 Å². The molecule has 0 radical (unpaired) electrons. The van der Waals surface area contributed by atoms with Gasteiger partial charge in [0.05, 0.1) is 6.10 Å². The minimum Gasteiger partial charge on any atom is -0.505 e. The number of aliphatic hydroxyl groups is 1. The molecule has 104 valence electrons. The number of aliphatic hydroxyl groups excluding tert-OH is 1. The van der Waals surface area contributed by atoms with Gasteiger partial charge in [-0.25, -0.2) is 4.39 Å². The van der Waals surface area contributed by atoms with Crippen molar-refractivity contribution < 1.29 is 14.6 Å². The molecular weight excluding hydrogens is 245 g/mol. The first kappa shape index (κ1) is 12.9. The molecule has 1 aromatic carbocycles. The van der Waals surface area contributed by atoms with Crippen molar-refractivity contribution in [2.24, 2.45) is 11.8 Å². The number of fused-ring (bicyclic) bond motifs is 1. The lowest BCUT2D eigenvalue weighted by atomic mass is 10.0. The van der Waals surface area contributed by atoms with Gasteiger partial charge in [-0.05, 0) is 48.8 Å². The fraction of sp³-hybridized carbons (Fsp3) is 0.600. The lowest BCUT2D eigenvalue weighted by molar-refractivity contribution is 0.162. The maximum absolute atomic E-state index is 13.2. The van der Waals surface area contributed by atoms with E-state index in [2.05, 4.69) is 4.90 Å². The summed E-state index contributed by atoms with van der Waals surface area (Å²) in [5.74, 6) is 0.463. The molecule has 1 aliphatic heterocycles. The van der Waals surface area contributed by atoms with Crippen LogP contribution in [0.4, 0.5) is 4.39 Å². The van der Waals surface area contributed by atoms with Crippen molar-refractivity contribution in [3.8, 4) is 5.75 Å². The molecule has 1 unspecified atom stereocenters. The van der Waals surface area contributed by atoms with E-state index < -0.39 is 5.82 Å². The third-order valence-corrected chi connectivity index (χ3v) is 4.53. The van der Waals surface area contributed by atoms with Crippen LogP contribution in [-0.2, 0) is 6.42 Å². The van der Waals surface area contributed by atoms with E-state index in [4.69, 9.17) is 5.11 Å². The Bertz CT molecular complexity index is 451. The average molecular weight is 265 g/mol. The van der Waals surface area contributed by atoms with E-state index in [1.54, 1.807) is 6.07 Å². The van der Waals surface area contributed by atoms with E-state index in [0.29, 0.717) is 11.8 Å². The van der Waals surface area contributed by atoms with Gasteiger partial charge in [-0.15, -0.1) is 0 Å². The maximum Gasteiger partial charge on any atom is 0.165 e. The summed E-state index contributed by atoms with van der Waals surface area (Å²) >= 11 is 0. The first-order valence-electron chi connectivity index (χ1n) is 6.99. The number of benzene rings is 1. The predicted octanol–water partition coefficient (Wildman–Crippen LogP) is 1.78.